The predicted molar refractivity (Wildman–Crippen MR) is 72.5 cm³/mol. The Bertz CT molecular complexity index is 291. The first-order chi connectivity index (χ1) is 7.85. The molecular weight excluding hydrogens is 238 g/mol. The Labute approximate surface area is 107 Å². The van der Waals surface area contributed by atoms with Crippen LogP contribution in [0.3, 0.4) is 0 Å². The predicted octanol–water partition coefficient (Wildman–Crippen LogP) is 3.68. The van der Waals surface area contributed by atoms with Gasteiger partial charge >= 0.3 is 0 Å². The van der Waals surface area contributed by atoms with Crippen molar-refractivity contribution in [2.45, 2.75) is 32.1 Å². The fourth-order valence-electron chi connectivity index (χ4n) is 2.50. The quantitative estimate of drug-likeness (QED) is 0.606. The van der Waals surface area contributed by atoms with Crippen LogP contribution in [0.15, 0.2) is 17.5 Å². The van der Waals surface area contributed by atoms with Gasteiger partial charge in [0.15, 0.2) is 0 Å². The number of alkyl halides is 1. The van der Waals surface area contributed by atoms with Gasteiger partial charge in [-0.1, -0.05) is 18.9 Å². The van der Waals surface area contributed by atoms with E-state index >= 15 is 0 Å². The largest absolute Gasteiger partial charge is 0.316 e. The zero-order chi connectivity index (χ0) is 11.3. The Morgan fingerprint density at radius 1 is 1.38 bits per heavy atom. The second kappa shape index (κ2) is 6.04. The van der Waals surface area contributed by atoms with Crippen molar-refractivity contribution in [2.75, 3.05) is 19.0 Å². The molecule has 1 saturated carbocycles. The van der Waals surface area contributed by atoms with E-state index in [9.17, 15) is 0 Å². The van der Waals surface area contributed by atoms with Gasteiger partial charge in [-0.05, 0) is 42.7 Å². The minimum atomic E-state index is 0.400. The normalized spacial score (nSPS) is 19.1. The Balaban J connectivity index is 1.67. The Kier molecular flexibility index (Phi) is 4.68. The zero-order valence-corrected chi connectivity index (χ0v) is 11.2. The van der Waals surface area contributed by atoms with Gasteiger partial charge in [0.25, 0.3) is 0 Å². The van der Waals surface area contributed by atoms with Gasteiger partial charge in [0.05, 0.1) is 0 Å². The fourth-order valence-corrected chi connectivity index (χ4v) is 3.57. The van der Waals surface area contributed by atoms with Crippen molar-refractivity contribution in [2.24, 2.45) is 5.41 Å². The van der Waals surface area contributed by atoms with Crippen molar-refractivity contribution in [3.63, 3.8) is 0 Å². The number of hydrogen-bond donors (Lipinski definition) is 1. The van der Waals surface area contributed by atoms with E-state index in [1.807, 2.05) is 11.3 Å². The summed E-state index contributed by atoms with van der Waals surface area (Å²) in [5.74, 6) is 0.818. The molecule has 1 aliphatic rings. The summed E-state index contributed by atoms with van der Waals surface area (Å²) in [6.07, 6.45) is 6.49. The first kappa shape index (κ1) is 12.4. The van der Waals surface area contributed by atoms with E-state index in [4.69, 9.17) is 11.6 Å². The molecule has 0 spiro atoms. The van der Waals surface area contributed by atoms with E-state index in [-0.39, 0.29) is 0 Å². The van der Waals surface area contributed by atoms with Crippen molar-refractivity contribution >= 4 is 22.9 Å². The monoisotopic (exact) mass is 257 g/mol. The van der Waals surface area contributed by atoms with Crippen molar-refractivity contribution in [1.29, 1.82) is 0 Å². The molecule has 0 saturated heterocycles. The molecule has 0 radical (unpaired) electrons. The smallest absolute Gasteiger partial charge is 0.0292 e. The van der Waals surface area contributed by atoms with Gasteiger partial charge in [0, 0.05) is 17.3 Å². The van der Waals surface area contributed by atoms with Crippen LogP contribution in [-0.2, 0) is 6.42 Å². The highest BCUT2D eigenvalue weighted by Crippen LogP contribution is 2.38. The molecule has 0 aliphatic heterocycles. The molecule has 3 heteroatoms. The maximum absolute atomic E-state index is 6.11. The number of thiophene rings is 1. The number of halogens is 1. The van der Waals surface area contributed by atoms with Crippen molar-refractivity contribution in [3.8, 4) is 0 Å². The summed E-state index contributed by atoms with van der Waals surface area (Å²) in [6.45, 7) is 2.18. The molecule has 1 aromatic rings. The summed E-state index contributed by atoms with van der Waals surface area (Å²) in [6, 6.07) is 4.33. The molecule has 0 amide bonds. The average molecular weight is 258 g/mol. The maximum atomic E-state index is 6.11. The van der Waals surface area contributed by atoms with Crippen LogP contribution in [0.25, 0.3) is 0 Å². The highest BCUT2D eigenvalue weighted by molar-refractivity contribution is 7.09. The van der Waals surface area contributed by atoms with E-state index in [0.29, 0.717) is 5.41 Å². The molecule has 1 heterocycles. The van der Waals surface area contributed by atoms with Gasteiger partial charge in [-0.25, -0.2) is 0 Å². The van der Waals surface area contributed by atoms with Crippen LogP contribution in [0.4, 0.5) is 0 Å². The SMILES string of the molecule is ClCC1(CNCCc2cccs2)CCCC1. The fraction of sp³-hybridized carbons (Fsp3) is 0.692. The van der Waals surface area contributed by atoms with Gasteiger partial charge in [-0.15, -0.1) is 22.9 Å². The highest BCUT2D eigenvalue weighted by Gasteiger charge is 2.32. The summed E-state index contributed by atoms with van der Waals surface area (Å²) in [5.41, 5.74) is 0.400. The summed E-state index contributed by atoms with van der Waals surface area (Å²) in [4.78, 5) is 1.47. The van der Waals surface area contributed by atoms with E-state index in [0.717, 1.165) is 25.4 Å². The Morgan fingerprint density at radius 3 is 2.81 bits per heavy atom. The summed E-state index contributed by atoms with van der Waals surface area (Å²) < 4.78 is 0. The number of rotatable bonds is 6. The third-order valence-corrected chi connectivity index (χ3v) is 5.08. The van der Waals surface area contributed by atoms with Gasteiger partial charge in [-0.2, -0.15) is 0 Å². The minimum absolute atomic E-state index is 0.400. The molecule has 1 aromatic heterocycles. The van der Waals surface area contributed by atoms with Crippen molar-refractivity contribution < 1.29 is 0 Å². The third kappa shape index (κ3) is 3.22. The van der Waals surface area contributed by atoms with Gasteiger partial charge in [0.1, 0.15) is 0 Å². The van der Waals surface area contributed by atoms with Gasteiger partial charge in [0.2, 0.25) is 0 Å². The standard InChI is InChI=1S/C13H20ClNS/c14-10-13(6-1-2-7-13)11-15-8-5-12-4-3-9-16-12/h3-4,9,15H,1-2,5-8,10-11H2. The average Bonchev–Trinajstić information content (AvgIpc) is 2.97. The molecular formula is C13H20ClNS. The highest BCUT2D eigenvalue weighted by atomic mass is 35.5. The Hall–Kier alpha value is -0.0500. The lowest BCUT2D eigenvalue weighted by atomic mass is 9.88. The maximum Gasteiger partial charge on any atom is 0.0292 e. The molecule has 1 N–H and O–H groups in total. The number of nitrogens with one attached hydrogen (secondary N) is 1. The molecule has 0 bridgehead atoms. The molecule has 90 valence electrons. The number of hydrogen-bond acceptors (Lipinski definition) is 2. The van der Waals surface area contributed by atoms with Crippen molar-refractivity contribution in [1.82, 2.24) is 5.32 Å². The van der Waals surface area contributed by atoms with Crippen LogP contribution in [0.1, 0.15) is 30.6 Å². The topological polar surface area (TPSA) is 12.0 Å². The molecule has 0 aromatic carbocycles. The van der Waals surface area contributed by atoms with Crippen LogP contribution in [0, 0.1) is 5.41 Å². The third-order valence-electron chi connectivity index (χ3n) is 3.58. The van der Waals surface area contributed by atoms with E-state index in [2.05, 4.69) is 22.8 Å². The van der Waals surface area contributed by atoms with Gasteiger partial charge < -0.3 is 5.32 Å². The molecule has 0 atom stereocenters. The van der Waals surface area contributed by atoms with Crippen molar-refractivity contribution in [3.05, 3.63) is 22.4 Å². The van der Waals surface area contributed by atoms with Crippen LogP contribution >= 0.6 is 22.9 Å². The van der Waals surface area contributed by atoms with Crippen LogP contribution < -0.4 is 5.32 Å². The van der Waals surface area contributed by atoms with Gasteiger partial charge in [-0.3, -0.25) is 0 Å². The molecule has 16 heavy (non-hydrogen) atoms. The molecule has 0 unspecified atom stereocenters. The first-order valence-electron chi connectivity index (χ1n) is 6.14. The van der Waals surface area contributed by atoms with E-state index in [1.54, 1.807) is 0 Å². The molecule has 1 fully saturated rings. The summed E-state index contributed by atoms with van der Waals surface area (Å²) in [7, 11) is 0. The summed E-state index contributed by atoms with van der Waals surface area (Å²) in [5, 5.41) is 5.72. The minimum Gasteiger partial charge on any atom is -0.316 e. The lowest BCUT2D eigenvalue weighted by Gasteiger charge is -2.26. The van der Waals surface area contributed by atoms with Crippen LogP contribution in [-0.4, -0.2) is 19.0 Å². The first-order valence-corrected chi connectivity index (χ1v) is 7.55. The molecule has 2 rings (SSSR count). The van der Waals surface area contributed by atoms with Crippen LogP contribution in [0.5, 0.6) is 0 Å². The molecule has 1 nitrogen and oxygen atoms in total. The summed E-state index contributed by atoms with van der Waals surface area (Å²) >= 11 is 7.95. The van der Waals surface area contributed by atoms with E-state index in [1.165, 1.54) is 30.6 Å². The zero-order valence-electron chi connectivity index (χ0n) is 9.68. The van der Waals surface area contributed by atoms with E-state index < -0.39 is 0 Å². The lowest BCUT2D eigenvalue weighted by molar-refractivity contribution is 0.322. The lowest BCUT2D eigenvalue weighted by Crippen LogP contribution is -2.34. The second-order valence-electron chi connectivity index (χ2n) is 4.85. The van der Waals surface area contributed by atoms with Crippen LogP contribution in [0.2, 0.25) is 0 Å². The Morgan fingerprint density at radius 2 is 2.19 bits per heavy atom. The molecule has 1 aliphatic carbocycles. The second-order valence-corrected chi connectivity index (χ2v) is 6.15.